The number of nitrogens with one attached hydrogen (secondary N) is 1. The fourth-order valence-corrected chi connectivity index (χ4v) is 2.85. The molecule has 1 amide bonds. The molecule has 0 aliphatic carbocycles. The fraction of sp³-hybridized carbons (Fsp3) is 0.375. The van der Waals surface area contributed by atoms with E-state index in [1.807, 2.05) is 31.3 Å². The van der Waals surface area contributed by atoms with E-state index in [0.717, 1.165) is 24.3 Å². The van der Waals surface area contributed by atoms with Gasteiger partial charge in [0, 0.05) is 37.3 Å². The van der Waals surface area contributed by atoms with Gasteiger partial charge in [-0.25, -0.2) is 0 Å². The molecule has 1 fully saturated rings. The number of hydrogen-bond donors (Lipinski definition) is 1. The van der Waals surface area contributed by atoms with Crippen LogP contribution in [0, 0.1) is 0 Å². The first-order chi connectivity index (χ1) is 10.6. The van der Waals surface area contributed by atoms with Crippen LogP contribution in [-0.2, 0) is 18.3 Å². The van der Waals surface area contributed by atoms with Crippen LogP contribution >= 0.6 is 11.6 Å². The van der Waals surface area contributed by atoms with Gasteiger partial charge in [0.1, 0.15) is 0 Å². The van der Waals surface area contributed by atoms with Gasteiger partial charge in [0.2, 0.25) is 0 Å². The van der Waals surface area contributed by atoms with Crippen LogP contribution < -0.4 is 5.32 Å². The molecular formula is C16H18ClN3O2. The van der Waals surface area contributed by atoms with E-state index in [4.69, 9.17) is 16.3 Å². The maximum atomic E-state index is 12.5. The van der Waals surface area contributed by atoms with Crippen molar-refractivity contribution in [1.29, 1.82) is 0 Å². The van der Waals surface area contributed by atoms with E-state index in [-0.39, 0.29) is 11.8 Å². The molecule has 1 unspecified atom stereocenters. The molecule has 5 nitrogen and oxygen atoms in total. The molecule has 0 spiro atoms. The van der Waals surface area contributed by atoms with Crippen molar-refractivity contribution in [2.24, 2.45) is 7.05 Å². The predicted molar refractivity (Wildman–Crippen MR) is 84.0 cm³/mol. The van der Waals surface area contributed by atoms with Crippen LogP contribution in [0.15, 0.2) is 30.5 Å². The van der Waals surface area contributed by atoms with Crippen molar-refractivity contribution in [2.75, 3.05) is 13.2 Å². The van der Waals surface area contributed by atoms with Crippen molar-refractivity contribution < 1.29 is 9.53 Å². The Hall–Kier alpha value is -1.85. The molecule has 1 N–H and O–H groups in total. The van der Waals surface area contributed by atoms with Gasteiger partial charge in [0.05, 0.1) is 17.9 Å². The molecule has 0 bridgehead atoms. The Morgan fingerprint density at radius 3 is 3.05 bits per heavy atom. The molecule has 1 aromatic heterocycles. The van der Waals surface area contributed by atoms with Crippen molar-refractivity contribution in [2.45, 2.75) is 18.9 Å². The molecule has 1 atom stereocenters. The Morgan fingerprint density at radius 2 is 2.32 bits per heavy atom. The summed E-state index contributed by atoms with van der Waals surface area (Å²) in [7, 11) is 1.82. The summed E-state index contributed by atoms with van der Waals surface area (Å²) in [6.45, 7) is 1.75. The molecule has 2 heterocycles. The van der Waals surface area contributed by atoms with E-state index in [0.29, 0.717) is 23.7 Å². The van der Waals surface area contributed by atoms with Gasteiger partial charge in [0.25, 0.3) is 5.91 Å². The van der Waals surface area contributed by atoms with Gasteiger partial charge in [0.15, 0.2) is 0 Å². The Kier molecular flexibility index (Phi) is 4.45. The predicted octanol–water partition coefficient (Wildman–Crippen LogP) is 2.51. The van der Waals surface area contributed by atoms with Crippen molar-refractivity contribution in [1.82, 2.24) is 15.1 Å². The van der Waals surface area contributed by atoms with Gasteiger partial charge in [-0.2, -0.15) is 5.10 Å². The first-order valence-corrected chi connectivity index (χ1v) is 7.66. The van der Waals surface area contributed by atoms with Crippen LogP contribution in [0.25, 0.3) is 0 Å². The highest BCUT2D eigenvalue weighted by molar-refractivity contribution is 6.31. The normalized spacial score (nSPS) is 17.6. The highest BCUT2D eigenvalue weighted by Gasteiger charge is 2.26. The van der Waals surface area contributed by atoms with Crippen molar-refractivity contribution in [3.05, 3.63) is 52.3 Å². The molecule has 1 aliphatic rings. The number of benzene rings is 1. The van der Waals surface area contributed by atoms with E-state index in [2.05, 4.69) is 10.4 Å². The second-order valence-corrected chi connectivity index (χ2v) is 5.84. The number of aromatic nitrogens is 2. The summed E-state index contributed by atoms with van der Waals surface area (Å²) >= 11 is 6.11. The minimum Gasteiger partial charge on any atom is -0.381 e. The lowest BCUT2D eigenvalue weighted by molar-refractivity contribution is 0.0949. The number of carbonyl (C=O) groups is 1. The topological polar surface area (TPSA) is 56.2 Å². The van der Waals surface area contributed by atoms with Gasteiger partial charge in [-0.05, 0) is 18.1 Å². The molecule has 2 aromatic rings. The van der Waals surface area contributed by atoms with Crippen molar-refractivity contribution in [3.8, 4) is 0 Å². The molecule has 116 valence electrons. The SMILES string of the molecule is Cn1cc(C(=O)NCc2ccccc2Cl)c(C2CCOC2)n1. The molecule has 3 rings (SSSR count). The Bertz CT molecular complexity index is 678. The number of rotatable bonds is 4. The minimum atomic E-state index is -0.130. The Morgan fingerprint density at radius 1 is 1.50 bits per heavy atom. The van der Waals surface area contributed by atoms with Crippen LogP contribution in [0.1, 0.15) is 34.0 Å². The van der Waals surface area contributed by atoms with Crippen LogP contribution in [0.4, 0.5) is 0 Å². The molecule has 1 aromatic carbocycles. The molecular weight excluding hydrogens is 302 g/mol. The summed E-state index contributed by atoms with van der Waals surface area (Å²) in [5.74, 6) is 0.0668. The van der Waals surface area contributed by atoms with E-state index in [9.17, 15) is 4.79 Å². The third-order valence-corrected chi connectivity index (χ3v) is 4.18. The molecule has 0 saturated carbocycles. The third kappa shape index (κ3) is 3.15. The maximum absolute atomic E-state index is 12.5. The number of aryl methyl sites for hydroxylation is 1. The number of amides is 1. The molecule has 22 heavy (non-hydrogen) atoms. The molecule has 0 radical (unpaired) electrons. The van der Waals surface area contributed by atoms with E-state index >= 15 is 0 Å². The number of ether oxygens (including phenoxy) is 1. The second kappa shape index (κ2) is 6.50. The number of hydrogen-bond acceptors (Lipinski definition) is 3. The van der Waals surface area contributed by atoms with Crippen LogP contribution in [0.5, 0.6) is 0 Å². The fourth-order valence-electron chi connectivity index (χ4n) is 2.64. The highest BCUT2D eigenvalue weighted by Crippen LogP contribution is 2.26. The molecule has 1 aliphatic heterocycles. The van der Waals surface area contributed by atoms with Crippen molar-refractivity contribution >= 4 is 17.5 Å². The number of halogens is 1. The minimum absolute atomic E-state index is 0.130. The van der Waals surface area contributed by atoms with E-state index in [1.54, 1.807) is 10.9 Å². The quantitative estimate of drug-likeness (QED) is 0.942. The zero-order valence-corrected chi connectivity index (χ0v) is 13.1. The lowest BCUT2D eigenvalue weighted by Gasteiger charge is -2.09. The van der Waals surface area contributed by atoms with Gasteiger partial charge in [-0.1, -0.05) is 29.8 Å². The first-order valence-electron chi connectivity index (χ1n) is 7.28. The van der Waals surface area contributed by atoms with Gasteiger partial charge in [-0.3, -0.25) is 9.48 Å². The average molecular weight is 320 g/mol. The van der Waals surface area contributed by atoms with Gasteiger partial charge in [-0.15, -0.1) is 0 Å². The maximum Gasteiger partial charge on any atom is 0.255 e. The summed E-state index contributed by atoms with van der Waals surface area (Å²) in [6.07, 6.45) is 2.66. The summed E-state index contributed by atoms with van der Waals surface area (Å²) in [5, 5.41) is 8.00. The lowest BCUT2D eigenvalue weighted by atomic mass is 10.0. The first kappa shape index (κ1) is 15.1. The Labute approximate surface area is 134 Å². The third-order valence-electron chi connectivity index (χ3n) is 3.82. The summed E-state index contributed by atoms with van der Waals surface area (Å²) in [4.78, 5) is 12.5. The molecule has 6 heteroatoms. The van der Waals surface area contributed by atoms with Gasteiger partial charge < -0.3 is 10.1 Å². The lowest BCUT2D eigenvalue weighted by Crippen LogP contribution is -2.24. The zero-order valence-electron chi connectivity index (χ0n) is 12.4. The monoisotopic (exact) mass is 319 g/mol. The molecule has 1 saturated heterocycles. The van der Waals surface area contributed by atoms with Crippen LogP contribution in [0.2, 0.25) is 5.02 Å². The average Bonchev–Trinajstić information content (AvgIpc) is 3.15. The zero-order chi connectivity index (χ0) is 15.5. The van der Waals surface area contributed by atoms with E-state index < -0.39 is 0 Å². The number of carbonyl (C=O) groups excluding carboxylic acids is 1. The summed E-state index contributed by atoms with van der Waals surface area (Å²) < 4.78 is 7.08. The van der Waals surface area contributed by atoms with Gasteiger partial charge >= 0.3 is 0 Å². The summed E-state index contributed by atoms with van der Waals surface area (Å²) in [6, 6.07) is 7.48. The van der Waals surface area contributed by atoms with Crippen LogP contribution in [0.3, 0.4) is 0 Å². The standard InChI is InChI=1S/C16H18ClN3O2/c1-20-9-13(15(19-20)12-6-7-22-10-12)16(21)18-8-11-4-2-3-5-14(11)17/h2-5,9,12H,6-8,10H2,1H3,(H,18,21). The largest absolute Gasteiger partial charge is 0.381 e. The summed E-state index contributed by atoms with van der Waals surface area (Å²) in [5.41, 5.74) is 2.33. The number of nitrogens with zero attached hydrogens (tertiary/aromatic N) is 2. The van der Waals surface area contributed by atoms with Crippen molar-refractivity contribution in [3.63, 3.8) is 0 Å². The second-order valence-electron chi connectivity index (χ2n) is 5.44. The Balaban J connectivity index is 1.73. The van der Waals surface area contributed by atoms with E-state index in [1.165, 1.54) is 0 Å². The van der Waals surface area contributed by atoms with Crippen LogP contribution in [-0.4, -0.2) is 28.9 Å². The smallest absolute Gasteiger partial charge is 0.255 e. The highest BCUT2D eigenvalue weighted by atomic mass is 35.5.